The van der Waals surface area contributed by atoms with Crippen molar-refractivity contribution in [3.05, 3.63) is 32.7 Å². The number of nitrogens with zero attached hydrogens (tertiary/aromatic N) is 1. The minimum absolute atomic E-state index is 0.0652. The molecule has 2 aliphatic carbocycles. The molecule has 0 atom stereocenters. The van der Waals surface area contributed by atoms with Crippen molar-refractivity contribution in [1.29, 1.82) is 0 Å². The van der Waals surface area contributed by atoms with Gasteiger partial charge in [-0.25, -0.2) is 8.78 Å². The normalized spacial score (nSPS) is 35.9. The summed E-state index contributed by atoms with van der Waals surface area (Å²) in [5.41, 5.74) is -1.72. The fourth-order valence-corrected chi connectivity index (χ4v) is 4.17. The fourth-order valence-electron chi connectivity index (χ4n) is 3.86. The van der Waals surface area contributed by atoms with Gasteiger partial charge in [-0.15, -0.1) is 0 Å². The van der Waals surface area contributed by atoms with E-state index in [9.17, 15) is 18.4 Å². The minimum atomic E-state index is -2.58. The number of alkyl halides is 2. The Morgan fingerprint density at radius 2 is 1.76 bits per heavy atom. The highest BCUT2D eigenvalue weighted by atomic mass is 79.9. The first kappa shape index (κ1) is 13.4. The number of carbonyl (C=O) groups excluding carboxylic acids is 1. The minimum Gasteiger partial charge on any atom is -0.327 e. The van der Waals surface area contributed by atoms with Crippen molar-refractivity contribution < 1.29 is 13.6 Å². The van der Waals surface area contributed by atoms with Crippen molar-refractivity contribution >= 4 is 21.8 Å². The summed E-state index contributed by atoms with van der Waals surface area (Å²) in [4.78, 5) is 24.4. The van der Waals surface area contributed by atoms with Crippen LogP contribution in [0.25, 0.3) is 0 Å². The summed E-state index contributed by atoms with van der Waals surface area (Å²) in [5, 5.41) is 2.85. The van der Waals surface area contributed by atoms with Crippen LogP contribution >= 0.6 is 15.9 Å². The van der Waals surface area contributed by atoms with Crippen molar-refractivity contribution in [1.82, 2.24) is 9.88 Å². The summed E-state index contributed by atoms with van der Waals surface area (Å²) in [6, 6.07) is 3.14. The molecule has 4 rings (SSSR count). The zero-order valence-corrected chi connectivity index (χ0v) is 12.7. The van der Waals surface area contributed by atoms with E-state index in [0.29, 0.717) is 35.8 Å². The van der Waals surface area contributed by atoms with Gasteiger partial charge in [-0.3, -0.25) is 14.2 Å². The van der Waals surface area contributed by atoms with Crippen molar-refractivity contribution in [2.45, 2.75) is 43.7 Å². The van der Waals surface area contributed by atoms with Crippen molar-refractivity contribution in [3.63, 3.8) is 0 Å². The Morgan fingerprint density at radius 1 is 1.14 bits per heavy atom. The molecule has 112 valence electrons. The molecule has 4 nitrogen and oxygen atoms in total. The molecule has 1 amide bonds. The smallest absolute Gasteiger partial charge is 0.269 e. The Hall–Kier alpha value is -1.24. The van der Waals surface area contributed by atoms with Crippen LogP contribution in [0.15, 0.2) is 21.4 Å². The molecule has 3 aliphatic rings. The molecule has 2 saturated carbocycles. The predicted molar refractivity (Wildman–Crippen MR) is 74.3 cm³/mol. The van der Waals surface area contributed by atoms with Crippen LogP contribution in [0.4, 0.5) is 8.78 Å². The number of hydrogen-bond donors (Lipinski definition) is 1. The zero-order valence-electron chi connectivity index (χ0n) is 11.1. The fraction of sp³-hybridized carbons (Fsp3) is 0.571. The van der Waals surface area contributed by atoms with E-state index in [4.69, 9.17) is 0 Å². The average molecular weight is 359 g/mol. The number of rotatable bonds is 0. The molecule has 2 heterocycles. The van der Waals surface area contributed by atoms with Gasteiger partial charge in [-0.05, 0) is 53.7 Å². The zero-order chi connectivity index (χ0) is 15.0. The number of carbonyl (C=O) groups is 1. The van der Waals surface area contributed by atoms with Gasteiger partial charge in [0.25, 0.3) is 17.4 Å². The Bertz CT molecular complexity index is 720. The van der Waals surface area contributed by atoms with Gasteiger partial charge in [0.15, 0.2) is 0 Å². The molecule has 1 aromatic heterocycles. The lowest BCUT2D eigenvalue weighted by molar-refractivity contribution is 0.0199. The Morgan fingerprint density at radius 3 is 2.33 bits per heavy atom. The summed E-state index contributed by atoms with van der Waals surface area (Å²) in [6.07, 6.45) is 1.34. The molecule has 0 saturated heterocycles. The van der Waals surface area contributed by atoms with Crippen molar-refractivity contribution in [2.75, 3.05) is 0 Å². The van der Waals surface area contributed by atoms with Gasteiger partial charge >= 0.3 is 0 Å². The molecule has 1 aliphatic heterocycles. The molecular weight excluding hydrogens is 346 g/mol. The van der Waals surface area contributed by atoms with Gasteiger partial charge in [-0.2, -0.15) is 0 Å². The standard InChI is InChI=1S/C14H13BrF2N2O2/c15-8-1-2-9-10(20)18-13(19(9)11(8)21)5-3-12(4-6-13)7-14(12,16)17/h1-2H,3-7H2,(H,18,20). The van der Waals surface area contributed by atoms with E-state index >= 15 is 0 Å². The Kier molecular flexibility index (Phi) is 2.39. The first-order valence-corrected chi connectivity index (χ1v) is 7.72. The molecule has 0 radical (unpaired) electrons. The summed E-state index contributed by atoms with van der Waals surface area (Å²) in [5.74, 6) is -2.89. The predicted octanol–water partition coefficient (Wildman–Crippen LogP) is 2.61. The highest BCUT2D eigenvalue weighted by molar-refractivity contribution is 9.10. The summed E-state index contributed by atoms with van der Waals surface area (Å²) < 4.78 is 28.8. The summed E-state index contributed by atoms with van der Waals surface area (Å²) in [7, 11) is 0. The largest absolute Gasteiger partial charge is 0.327 e. The van der Waals surface area contributed by atoms with Gasteiger partial charge in [0.1, 0.15) is 11.4 Å². The highest BCUT2D eigenvalue weighted by Gasteiger charge is 2.72. The monoisotopic (exact) mass is 358 g/mol. The van der Waals surface area contributed by atoms with Gasteiger partial charge in [-0.1, -0.05) is 0 Å². The maximum absolute atomic E-state index is 13.5. The van der Waals surface area contributed by atoms with E-state index in [1.807, 2.05) is 0 Å². The lowest BCUT2D eigenvalue weighted by Crippen LogP contribution is -2.50. The number of pyridine rings is 1. The van der Waals surface area contributed by atoms with Crippen LogP contribution in [0, 0.1) is 5.41 Å². The lowest BCUT2D eigenvalue weighted by Gasteiger charge is -2.38. The van der Waals surface area contributed by atoms with E-state index in [0.717, 1.165) is 0 Å². The number of halogens is 3. The Labute approximate surface area is 127 Å². The van der Waals surface area contributed by atoms with E-state index < -0.39 is 17.0 Å². The first-order valence-electron chi connectivity index (χ1n) is 6.93. The van der Waals surface area contributed by atoms with Crippen LogP contribution in [0.3, 0.4) is 0 Å². The molecule has 7 heteroatoms. The maximum Gasteiger partial charge on any atom is 0.269 e. The summed E-state index contributed by atoms with van der Waals surface area (Å²) >= 11 is 3.18. The summed E-state index contributed by atoms with van der Waals surface area (Å²) in [6.45, 7) is 0. The van der Waals surface area contributed by atoms with Crippen molar-refractivity contribution in [2.24, 2.45) is 5.41 Å². The number of amides is 1. The SMILES string of the molecule is O=C1NC2(CCC3(CC2)CC3(F)F)n2c1ccc(Br)c2=O. The first-order chi connectivity index (χ1) is 9.80. The van der Waals surface area contributed by atoms with Gasteiger partial charge in [0.05, 0.1) is 4.47 Å². The molecule has 21 heavy (non-hydrogen) atoms. The third-order valence-corrected chi connectivity index (χ3v) is 5.89. The second-order valence-corrected chi connectivity index (χ2v) is 7.21. The van der Waals surface area contributed by atoms with Gasteiger partial charge in [0, 0.05) is 11.8 Å². The maximum atomic E-state index is 13.5. The van der Waals surface area contributed by atoms with E-state index in [1.54, 1.807) is 12.1 Å². The van der Waals surface area contributed by atoms with Crippen LogP contribution in [-0.4, -0.2) is 16.4 Å². The van der Waals surface area contributed by atoms with Crippen molar-refractivity contribution in [3.8, 4) is 0 Å². The van der Waals surface area contributed by atoms with Gasteiger partial charge < -0.3 is 5.32 Å². The second kappa shape index (κ2) is 3.74. The quantitative estimate of drug-likeness (QED) is 0.774. The van der Waals surface area contributed by atoms with E-state index in [2.05, 4.69) is 21.2 Å². The van der Waals surface area contributed by atoms with Gasteiger partial charge in [0.2, 0.25) is 0 Å². The third-order valence-electron chi connectivity index (χ3n) is 5.29. The Balaban J connectivity index is 1.75. The average Bonchev–Trinajstić information content (AvgIpc) is 2.83. The molecule has 0 unspecified atom stereocenters. The molecule has 1 N–H and O–H groups in total. The number of hydrogen-bond acceptors (Lipinski definition) is 2. The second-order valence-electron chi connectivity index (χ2n) is 6.35. The molecule has 0 bridgehead atoms. The molecule has 0 aromatic carbocycles. The van der Waals surface area contributed by atoms with E-state index in [-0.39, 0.29) is 17.9 Å². The number of aromatic nitrogens is 1. The molecule has 2 spiro atoms. The van der Waals surface area contributed by atoms with Crippen LogP contribution < -0.4 is 10.9 Å². The number of nitrogens with one attached hydrogen (secondary N) is 1. The lowest BCUT2D eigenvalue weighted by atomic mass is 9.79. The van der Waals surface area contributed by atoms with Crippen LogP contribution in [-0.2, 0) is 5.66 Å². The molecular formula is C14H13BrF2N2O2. The van der Waals surface area contributed by atoms with Crippen LogP contribution in [0.2, 0.25) is 0 Å². The van der Waals surface area contributed by atoms with E-state index in [1.165, 1.54) is 4.57 Å². The highest BCUT2D eigenvalue weighted by Crippen LogP contribution is 2.68. The molecule has 1 aromatic rings. The topological polar surface area (TPSA) is 51.1 Å². The third kappa shape index (κ3) is 1.58. The van der Waals surface area contributed by atoms with Crippen LogP contribution in [0.1, 0.15) is 42.6 Å². The van der Waals surface area contributed by atoms with Crippen LogP contribution in [0.5, 0.6) is 0 Å². The molecule has 2 fully saturated rings. The number of fused-ring (bicyclic) bond motifs is 2.